The van der Waals surface area contributed by atoms with Gasteiger partial charge in [0.05, 0.1) is 0 Å². The molecule has 0 spiro atoms. The highest BCUT2D eigenvalue weighted by atomic mass is 19.1. The number of nitrogens with zero attached hydrogens (tertiary/aromatic N) is 5. The molecule has 0 bridgehead atoms. The SMILES string of the molecule is [N-]=[N+]=NCCCN1CCN(c2ccc(F)cc2)CC1. The maximum absolute atomic E-state index is 12.9. The van der Waals surface area contributed by atoms with Crippen LogP contribution >= 0.6 is 0 Å². The molecule has 1 aliphatic rings. The van der Waals surface area contributed by atoms with E-state index < -0.39 is 0 Å². The van der Waals surface area contributed by atoms with Crippen LogP contribution in [0, 0.1) is 5.82 Å². The summed E-state index contributed by atoms with van der Waals surface area (Å²) in [4.78, 5) is 7.38. The summed E-state index contributed by atoms with van der Waals surface area (Å²) in [6.07, 6.45) is 0.903. The van der Waals surface area contributed by atoms with E-state index in [1.807, 2.05) is 12.1 Å². The van der Waals surface area contributed by atoms with Crippen molar-refractivity contribution in [1.82, 2.24) is 4.90 Å². The normalized spacial score (nSPS) is 16.2. The summed E-state index contributed by atoms with van der Waals surface area (Å²) in [5, 5.41) is 3.53. The van der Waals surface area contributed by atoms with Crippen LogP contribution in [0.1, 0.15) is 6.42 Å². The lowest BCUT2D eigenvalue weighted by Crippen LogP contribution is -2.46. The first-order chi connectivity index (χ1) is 9.29. The molecule has 1 heterocycles. The van der Waals surface area contributed by atoms with Crippen LogP contribution in [0.4, 0.5) is 10.1 Å². The minimum atomic E-state index is -0.194. The fourth-order valence-corrected chi connectivity index (χ4v) is 2.29. The third kappa shape index (κ3) is 4.12. The Hall–Kier alpha value is -1.78. The van der Waals surface area contributed by atoms with Crippen LogP contribution in [-0.4, -0.2) is 44.2 Å². The predicted octanol–water partition coefficient (Wildman–Crippen LogP) is 2.65. The van der Waals surface area contributed by atoms with Gasteiger partial charge in [-0.3, -0.25) is 4.90 Å². The second-order valence-corrected chi connectivity index (χ2v) is 4.61. The second-order valence-electron chi connectivity index (χ2n) is 4.61. The van der Waals surface area contributed by atoms with Gasteiger partial charge in [-0.05, 0) is 42.8 Å². The molecule has 0 saturated carbocycles. The first kappa shape index (κ1) is 13.6. The number of anilines is 1. The van der Waals surface area contributed by atoms with Crippen molar-refractivity contribution in [2.45, 2.75) is 6.42 Å². The average Bonchev–Trinajstić information content (AvgIpc) is 2.45. The molecule has 0 unspecified atom stereocenters. The Bertz CT molecular complexity index is 433. The molecule has 1 saturated heterocycles. The van der Waals surface area contributed by atoms with Crippen LogP contribution < -0.4 is 4.90 Å². The summed E-state index contributed by atoms with van der Waals surface area (Å²) in [5.41, 5.74) is 9.27. The molecule has 0 amide bonds. The Balaban J connectivity index is 1.75. The highest BCUT2D eigenvalue weighted by Crippen LogP contribution is 2.16. The van der Waals surface area contributed by atoms with Crippen molar-refractivity contribution in [3.05, 3.63) is 40.5 Å². The van der Waals surface area contributed by atoms with Gasteiger partial charge in [0.25, 0.3) is 0 Å². The second kappa shape index (κ2) is 6.97. The van der Waals surface area contributed by atoms with Crippen molar-refractivity contribution in [3.63, 3.8) is 0 Å². The van der Waals surface area contributed by atoms with E-state index in [1.54, 1.807) is 0 Å². The molecular formula is C13H18FN5. The van der Waals surface area contributed by atoms with E-state index in [2.05, 4.69) is 19.8 Å². The number of piperazine rings is 1. The van der Waals surface area contributed by atoms with E-state index in [0.29, 0.717) is 6.54 Å². The number of azide groups is 1. The Morgan fingerprint density at radius 1 is 1.16 bits per heavy atom. The molecule has 102 valence electrons. The zero-order valence-corrected chi connectivity index (χ0v) is 10.9. The highest BCUT2D eigenvalue weighted by Gasteiger charge is 2.16. The van der Waals surface area contributed by atoms with E-state index in [4.69, 9.17) is 5.53 Å². The van der Waals surface area contributed by atoms with Gasteiger partial charge in [0.2, 0.25) is 0 Å². The molecule has 0 radical (unpaired) electrons. The third-order valence-electron chi connectivity index (χ3n) is 3.36. The number of rotatable bonds is 5. The van der Waals surface area contributed by atoms with Gasteiger partial charge in [-0.2, -0.15) is 0 Å². The van der Waals surface area contributed by atoms with Crippen molar-refractivity contribution in [2.24, 2.45) is 5.11 Å². The molecule has 2 rings (SSSR count). The molecule has 5 nitrogen and oxygen atoms in total. The van der Waals surface area contributed by atoms with Crippen LogP contribution in [0.5, 0.6) is 0 Å². The molecule has 19 heavy (non-hydrogen) atoms. The monoisotopic (exact) mass is 263 g/mol. The number of benzene rings is 1. The van der Waals surface area contributed by atoms with Gasteiger partial charge < -0.3 is 4.90 Å². The van der Waals surface area contributed by atoms with Crippen molar-refractivity contribution in [2.75, 3.05) is 44.2 Å². The maximum Gasteiger partial charge on any atom is 0.123 e. The third-order valence-corrected chi connectivity index (χ3v) is 3.36. The molecule has 0 atom stereocenters. The van der Waals surface area contributed by atoms with E-state index in [1.165, 1.54) is 12.1 Å². The number of halogens is 1. The van der Waals surface area contributed by atoms with Crippen molar-refractivity contribution in [3.8, 4) is 0 Å². The standard InChI is InChI=1S/C13H18FN5/c14-12-2-4-13(5-3-12)19-10-8-18(9-11-19)7-1-6-16-17-15/h2-5H,1,6-11H2. The Kier molecular flexibility index (Phi) is 5.01. The van der Waals surface area contributed by atoms with Gasteiger partial charge in [0, 0.05) is 43.3 Å². The Morgan fingerprint density at radius 3 is 2.47 bits per heavy atom. The van der Waals surface area contributed by atoms with Gasteiger partial charge in [0.15, 0.2) is 0 Å². The van der Waals surface area contributed by atoms with Gasteiger partial charge in [-0.1, -0.05) is 5.11 Å². The van der Waals surface area contributed by atoms with Crippen molar-refractivity contribution >= 4 is 5.69 Å². The topological polar surface area (TPSA) is 55.2 Å². The Morgan fingerprint density at radius 2 is 1.84 bits per heavy atom. The predicted molar refractivity (Wildman–Crippen MR) is 73.7 cm³/mol. The molecule has 1 aromatic rings. The first-order valence-corrected chi connectivity index (χ1v) is 6.53. The lowest BCUT2D eigenvalue weighted by atomic mass is 10.2. The van der Waals surface area contributed by atoms with Crippen LogP contribution in [0.2, 0.25) is 0 Å². The van der Waals surface area contributed by atoms with Gasteiger partial charge >= 0.3 is 0 Å². The fourth-order valence-electron chi connectivity index (χ4n) is 2.29. The van der Waals surface area contributed by atoms with E-state index in [0.717, 1.165) is 44.8 Å². The molecule has 1 aliphatic heterocycles. The lowest BCUT2D eigenvalue weighted by molar-refractivity contribution is 0.256. The minimum Gasteiger partial charge on any atom is -0.369 e. The summed E-state index contributed by atoms with van der Waals surface area (Å²) >= 11 is 0. The fraction of sp³-hybridized carbons (Fsp3) is 0.538. The van der Waals surface area contributed by atoms with Gasteiger partial charge in [0.1, 0.15) is 5.82 Å². The van der Waals surface area contributed by atoms with Crippen LogP contribution in [0.25, 0.3) is 10.4 Å². The molecular weight excluding hydrogens is 245 g/mol. The average molecular weight is 263 g/mol. The molecule has 6 heteroatoms. The van der Waals surface area contributed by atoms with Crippen LogP contribution in [0.3, 0.4) is 0 Å². The quantitative estimate of drug-likeness (QED) is 0.355. The zero-order valence-electron chi connectivity index (χ0n) is 10.9. The van der Waals surface area contributed by atoms with Crippen molar-refractivity contribution in [1.29, 1.82) is 0 Å². The Labute approximate surface area is 112 Å². The summed E-state index contributed by atoms with van der Waals surface area (Å²) in [6, 6.07) is 6.66. The largest absolute Gasteiger partial charge is 0.369 e. The van der Waals surface area contributed by atoms with Gasteiger partial charge in [-0.15, -0.1) is 0 Å². The van der Waals surface area contributed by atoms with Gasteiger partial charge in [-0.25, -0.2) is 4.39 Å². The van der Waals surface area contributed by atoms with E-state index in [9.17, 15) is 4.39 Å². The molecule has 0 N–H and O–H groups in total. The van der Waals surface area contributed by atoms with Crippen LogP contribution in [0.15, 0.2) is 29.4 Å². The summed E-state index contributed by atoms with van der Waals surface area (Å²) < 4.78 is 12.9. The van der Waals surface area contributed by atoms with E-state index >= 15 is 0 Å². The van der Waals surface area contributed by atoms with Crippen LogP contribution in [-0.2, 0) is 0 Å². The minimum absolute atomic E-state index is 0.194. The summed E-state index contributed by atoms with van der Waals surface area (Å²) in [7, 11) is 0. The first-order valence-electron chi connectivity index (χ1n) is 6.53. The number of hydrogen-bond donors (Lipinski definition) is 0. The smallest absolute Gasteiger partial charge is 0.123 e. The molecule has 0 aromatic heterocycles. The lowest BCUT2D eigenvalue weighted by Gasteiger charge is -2.36. The highest BCUT2D eigenvalue weighted by molar-refractivity contribution is 5.46. The molecule has 0 aliphatic carbocycles. The number of hydrogen-bond acceptors (Lipinski definition) is 3. The zero-order chi connectivity index (χ0) is 13.5. The maximum atomic E-state index is 12.9. The summed E-state index contributed by atoms with van der Waals surface area (Å²) in [6.45, 7) is 5.42. The van der Waals surface area contributed by atoms with E-state index in [-0.39, 0.29) is 5.82 Å². The molecule has 1 fully saturated rings. The van der Waals surface area contributed by atoms with Crippen molar-refractivity contribution < 1.29 is 4.39 Å². The summed E-state index contributed by atoms with van der Waals surface area (Å²) in [5.74, 6) is -0.194. The molecule has 1 aromatic carbocycles.